The average Bonchev–Trinajstić information content (AvgIpc) is 3.44. The van der Waals surface area contributed by atoms with Crippen LogP contribution >= 0.6 is 12.4 Å². The third kappa shape index (κ3) is 2.84. The van der Waals surface area contributed by atoms with Gasteiger partial charge in [-0.05, 0) is 56.4 Å². The highest BCUT2D eigenvalue weighted by atomic mass is 35.5. The number of aromatic nitrogens is 2. The molecular formula is C20H21ClN4O2. The fraction of sp³-hybridized carbons (Fsp3) is 0.350. The van der Waals surface area contributed by atoms with E-state index in [1.165, 1.54) is 0 Å². The van der Waals surface area contributed by atoms with E-state index < -0.39 is 0 Å². The monoisotopic (exact) mass is 384 g/mol. The first-order valence-electron chi connectivity index (χ1n) is 9.09. The molecular weight excluding hydrogens is 364 g/mol. The van der Waals surface area contributed by atoms with Crippen LogP contribution < -0.4 is 10.6 Å². The van der Waals surface area contributed by atoms with Gasteiger partial charge in [0.1, 0.15) is 0 Å². The first kappa shape index (κ1) is 17.8. The van der Waals surface area contributed by atoms with E-state index in [1.54, 1.807) is 0 Å². The Kier molecular flexibility index (Phi) is 4.30. The Hall–Kier alpha value is -2.60. The van der Waals surface area contributed by atoms with Crippen molar-refractivity contribution in [3.63, 3.8) is 0 Å². The topological polar surface area (TPSA) is 85.2 Å². The number of nitrogen functional groups attached to an aromatic ring is 1. The van der Waals surface area contributed by atoms with Crippen LogP contribution in [-0.4, -0.2) is 22.6 Å². The van der Waals surface area contributed by atoms with E-state index in [1.807, 2.05) is 36.1 Å². The lowest BCUT2D eigenvalue weighted by molar-refractivity contribution is 0.0986. The van der Waals surface area contributed by atoms with E-state index >= 15 is 0 Å². The van der Waals surface area contributed by atoms with Crippen molar-refractivity contribution in [2.75, 3.05) is 17.2 Å². The highest BCUT2D eigenvalue weighted by molar-refractivity contribution is 6.14. The number of nitrogens with two attached hydrogens (primary N) is 1. The van der Waals surface area contributed by atoms with Gasteiger partial charge in [-0.15, -0.1) is 12.4 Å². The molecule has 1 aliphatic carbocycles. The van der Waals surface area contributed by atoms with Crippen LogP contribution in [0.25, 0.3) is 11.1 Å². The van der Waals surface area contributed by atoms with Crippen molar-refractivity contribution in [1.82, 2.24) is 10.1 Å². The summed E-state index contributed by atoms with van der Waals surface area (Å²) in [5.74, 6) is 0.401. The number of hydrogen-bond donors (Lipinski definition) is 1. The predicted molar refractivity (Wildman–Crippen MR) is 107 cm³/mol. The number of pyridine rings is 1. The third-order valence-electron chi connectivity index (χ3n) is 5.39. The lowest BCUT2D eigenvalue weighted by Gasteiger charge is -2.30. The quantitative estimate of drug-likeness (QED) is 0.675. The van der Waals surface area contributed by atoms with Crippen molar-refractivity contribution in [3.05, 3.63) is 46.8 Å². The molecule has 7 heteroatoms. The number of carbonyl (C=O) groups excluding carboxylic acids is 1. The molecule has 3 heterocycles. The number of anilines is 2. The summed E-state index contributed by atoms with van der Waals surface area (Å²) in [6, 6.07) is 7.71. The second kappa shape index (κ2) is 6.53. The maximum Gasteiger partial charge on any atom is 0.259 e. The van der Waals surface area contributed by atoms with Gasteiger partial charge in [-0.1, -0.05) is 11.2 Å². The molecule has 2 aromatic heterocycles. The number of benzene rings is 1. The second-order valence-corrected chi connectivity index (χ2v) is 7.22. The van der Waals surface area contributed by atoms with E-state index in [0.717, 1.165) is 53.7 Å². The number of fused-ring (bicyclic) bond motifs is 2. The third-order valence-corrected chi connectivity index (χ3v) is 5.39. The van der Waals surface area contributed by atoms with Crippen molar-refractivity contribution in [2.24, 2.45) is 0 Å². The van der Waals surface area contributed by atoms with Gasteiger partial charge in [0, 0.05) is 29.5 Å². The molecule has 6 nitrogen and oxygen atoms in total. The summed E-state index contributed by atoms with van der Waals surface area (Å²) in [5, 5.41) is 4.75. The Morgan fingerprint density at radius 1 is 1.33 bits per heavy atom. The summed E-state index contributed by atoms with van der Waals surface area (Å²) in [7, 11) is 0. The molecule has 0 unspecified atom stereocenters. The molecule has 0 saturated heterocycles. The van der Waals surface area contributed by atoms with E-state index in [2.05, 4.69) is 10.1 Å². The van der Waals surface area contributed by atoms with E-state index in [9.17, 15) is 4.79 Å². The highest BCUT2D eigenvalue weighted by Gasteiger charge is 2.31. The highest BCUT2D eigenvalue weighted by Crippen LogP contribution is 2.41. The van der Waals surface area contributed by atoms with Gasteiger partial charge < -0.3 is 15.2 Å². The van der Waals surface area contributed by atoms with Gasteiger partial charge in [0.15, 0.2) is 0 Å². The van der Waals surface area contributed by atoms with Crippen molar-refractivity contribution in [3.8, 4) is 0 Å². The minimum Gasteiger partial charge on any atom is -0.398 e. The van der Waals surface area contributed by atoms with Crippen molar-refractivity contribution in [1.29, 1.82) is 0 Å². The zero-order valence-electron chi connectivity index (χ0n) is 15.1. The SMILES string of the molecule is Cc1noc2nc(C3CC3)cc(C(=O)N3CCCc4c(N)cccc43)c12.Cl. The molecule has 1 aromatic carbocycles. The van der Waals surface area contributed by atoms with Gasteiger partial charge in [0.2, 0.25) is 0 Å². The van der Waals surface area contributed by atoms with Gasteiger partial charge in [-0.3, -0.25) is 4.79 Å². The van der Waals surface area contributed by atoms with Crippen molar-refractivity contribution in [2.45, 2.75) is 38.5 Å². The normalized spacial score (nSPS) is 16.1. The smallest absolute Gasteiger partial charge is 0.259 e. The maximum absolute atomic E-state index is 13.5. The number of nitrogens with zero attached hydrogens (tertiary/aromatic N) is 3. The fourth-order valence-electron chi connectivity index (χ4n) is 3.88. The molecule has 1 aliphatic heterocycles. The van der Waals surface area contributed by atoms with Gasteiger partial charge in [0.05, 0.1) is 16.6 Å². The molecule has 1 amide bonds. The molecule has 3 aromatic rings. The zero-order chi connectivity index (χ0) is 17.8. The number of amides is 1. The van der Waals surface area contributed by atoms with Gasteiger partial charge in [0.25, 0.3) is 11.6 Å². The molecule has 5 rings (SSSR count). The fourth-order valence-corrected chi connectivity index (χ4v) is 3.88. The van der Waals surface area contributed by atoms with Crippen molar-refractivity contribution < 1.29 is 9.32 Å². The van der Waals surface area contributed by atoms with Gasteiger partial charge in [-0.25, -0.2) is 4.98 Å². The van der Waals surface area contributed by atoms with Crippen LogP contribution in [0.4, 0.5) is 11.4 Å². The van der Waals surface area contributed by atoms with Crippen molar-refractivity contribution >= 4 is 40.8 Å². The molecule has 27 heavy (non-hydrogen) atoms. The largest absolute Gasteiger partial charge is 0.398 e. The van der Waals surface area contributed by atoms with Crippen LogP contribution in [-0.2, 0) is 6.42 Å². The molecule has 0 radical (unpaired) electrons. The number of aryl methyl sites for hydroxylation is 1. The Morgan fingerprint density at radius 2 is 2.15 bits per heavy atom. The average molecular weight is 385 g/mol. The lowest BCUT2D eigenvalue weighted by Crippen LogP contribution is -2.36. The Morgan fingerprint density at radius 3 is 2.93 bits per heavy atom. The van der Waals surface area contributed by atoms with E-state index in [-0.39, 0.29) is 18.3 Å². The number of rotatable bonds is 2. The van der Waals surface area contributed by atoms with E-state index in [0.29, 0.717) is 29.4 Å². The minimum absolute atomic E-state index is 0. The molecule has 0 spiro atoms. The first-order valence-corrected chi connectivity index (χ1v) is 9.09. The summed E-state index contributed by atoms with van der Waals surface area (Å²) in [5.41, 5.74) is 11.6. The Labute approximate surface area is 163 Å². The maximum atomic E-state index is 13.5. The van der Waals surface area contributed by atoms with E-state index in [4.69, 9.17) is 10.3 Å². The first-order chi connectivity index (χ1) is 12.6. The van der Waals surface area contributed by atoms with Crippen LogP contribution in [0.15, 0.2) is 28.8 Å². The number of halogens is 1. The second-order valence-electron chi connectivity index (χ2n) is 7.22. The standard InChI is InChI=1S/C20H20N4O2.ClH/c1-11-18-14(10-16(12-7-8-12)22-19(18)26-23-11)20(25)24-9-3-4-13-15(21)5-2-6-17(13)24;/h2,5-6,10,12H,3-4,7-9,21H2,1H3;1H. The number of carbonyl (C=O) groups is 1. The van der Waals surface area contributed by atoms with Crippen LogP contribution in [0.1, 0.15) is 52.5 Å². The molecule has 2 N–H and O–H groups in total. The summed E-state index contributed by atoms with van der Waals surface area (Å²) in [4.78, 5) is 19.9. The summed E-state index contributed by atoms with van der Waals surface area (Å²) < 4.78 is 5.38. The van der Waals surface area contributed by atoms with Crippen LogP contribution in [0.3, 0.4) is 0 Å². The van der Waals surface area contributed by atoms with Crippen LogP contribution in [0.2, 0.25) is 0 Å². The van der Waals surface area contributed by atoms with Gasteiger partial charge in [-0.2, -0.15) is 0 Å². The molecule has 140 valence electrons. The lowest BCUT2D eigenvalue weighted by atomic mass is 9.98. The molecule has 0 atom stereocenters. The minimum atomic E-state index is -0.0304. The summed E-state index contributed by atoms with van der Waals surface area (Å²) in [6.45, 7) is 2.53. The molecule has 2 aliphatic rings. The molecule has 1 fully saturated rings. The Balaban J connectivity index is 0.00000180. The van der Waals surface area contributed by atoms with Gasteiger partial charge >= 0.3 is 0 Å². The Bertz CT molecular complexity index is 1040. The van der Waals surface area contributed by atoms with Crippen LogP contribution in [0.5, 0.6) is 0 Å². The summed E-state index contributed by atoms with van der Waals surface area (Å²) >= 11 is 0. The zero-order valence-corrected chi connectivity index (χ0v) is 15.9. The summed E-state index contributed by atoms with van der Waals surface area (Å²) in [6.07, 6.45) is 4.03. The molecule has 1 saturated carbocycles. The molecule has 0 bridgehead atoms. The predicted octanol–water partition coefficient (Wildman–Crippen LogP) is 4.01. The van der Waals surface area contributed by atoms with Crippen LogP contribution in [0, 0.1) is 6.92 Å². The number of hydrogen-bond acceptors (Lipinski definition) is 5.